The van der Waals surface area contributed by atoms with Crippen molar-refractivity contribution in [1.29, 1.82) is 0 Å². The second-order valence-corrected chi connectivity index (χ2v) is 7.57. The van der Waals surface area contributed by atoms with Gasteiger partial charge in [-0.25, -0.2) is 0 Å². The minimum atomic E-state index is 0. The van der Waals surface area contributed by atoms with E-state index >= 15 is 0 Å². The molecule has 1 aromatic carbocycles. The lowest BCUT2D eigenvalue weighted by Gasteiger charge is -2.37. The van der Waals surface area contributed by atoms with Crippen molar-refractivity contribution in [3.8, 4) is 0 Å². The molecule has 1 saturated heterocycles. The number of pyridine rings is 1. The molecule has 2 aromatic heterocycles. The Morgan fingerprint density at radius 3 is 2.64 bits per heavy atom. The largest absolute Gasteiger partial charge is 0.360 e. The van der Waals surface area contributed by atoms with Crippen molar-refractivity contribution in [1.82, 2.24) is 15.2 Å². The van der Waals surface area contributed by atoms with Crippen LogP contribution in [0.2, 0.25) is 0 Å². The van der Waals surface area contributed by atoms with E-state index in [9.17, 15) is 0 Å². The number of aromatic nitrogens is 1. The number of nitrogens with one attached hydrogen (secondary N) is 1. The van der Waals surface area contributed by atoms with Gasteiger partial charge in [0.1, 0.15) is 0 Å². The number of piperazine rings is 1. The molecule has 3 heterocycles. The highest BCUT2D eigenvalue weighted by molar-refractivity contribution is 14.0. The predicted octanol–water partition coefficient (Wildman–Crippen LogP) is 3.85. The molecule has 1 fully saturated rings. The smallest absolute Gasteiger partial charge is 0.193 e. The maximum absolute atomic E-state index is 4.75. The predicted molar refractivity (Wildman–Crippen MR) is 130 cm³/mol. The summed E-state index contributed by atoms with van der Waals surface area (Å²) in [7, 11) is 1.86. The lowest BCUT2D eigenvalue weighted by molar-refractivity contribution is 0.373. The van der Waals surface area contributed by atoms with Gasteiger partial charge in [0.25, 0.3) is 0 Å². The monoisotopic (exact) mass is 507 g/mol. The number of hydrogen-bond donors (Lipinski definition) is 1. The molecule has 0 spiro atoms. The van der Waals surface area contributed by atoms with Gasteiger partial charge in [0.15, 0.2) is 5.96 Å². The van der Waals surface area contributed by atoms with Crippen LogP contribution in [0.15, 0.2) is 58.9 Å². The Kier molecular flexibility index (Phi) is 7.50. The van der Waals surface area contributed by atoms with Gasteiger partial charge in [0, 0.05) is 57.3 Å². The standard InChI is InChI=1S/C21H25N5S.HI/c1-22-21(26-14-12-25(13-15-26)20-7-4-16-27-20)23-11-10-18-9-8-17-5-2-3-6-19(17)24-18;/h2-9,16H,10-15H2,1H3,(H,22,23);1H. The van der Waals surface area contributed by atoms with Gasteiger partial charge >= 0.3 is 0 Å². The Hall–Kier alpha value is -1.87. The molecule has 3 aromatic rings. The number of fused-ring (bicyclic) bond motifs is 1. The van der Waals surface area contributed by atoms with Crippen LogP contribution in [0, 0.1) is 0 Å². The van der Waals surface area contributed by atoms with Gasteiger partial charge in [0.2, 0.25) is 0 Å². The summed E-state index contributed by atoms with van der Waals surface area (Å²) >= 11 is 1.81. The Bertz CT molecular complexity index is 904. The molecule has 28 heavy (non-hydrogen) atoms. The Balaban J connectivity index is 0.00000225. The fraction of sp³-hybridized carbons (Fsp3) is 0.333. The molecule has 0 unspecified atom stereocenters. The number of anilines is 1. The summed E-state index contributed by atoms with van der Waals surface area (Å²) in [6.45, 7) is 4.89. The van der Waals surface area contributed by atoms with E-state index < -0.39 is 0 Å². The molecule has 7 heteroatoms. The zero-order valence-electron chi connectivity index (χ0n) is 16.0. The minimum absolute atomic E-state index is 0. The zero-order chi connectivity index (χ0) is 18.5. The summed E-state index contributed by atoms with van der Waals surface area (Å²) in [6, 6.07) is 16.8. The fourth-order valence-electron chi connectivity index (χ4n) is 3.47. The number of halogens is 1. The van der Waals surface area contributed by atoms with Gasteiger partial charge in [-0.2, -0.15) is 0 Å². The summed E-state index contributed by atoms with van der Waals surface area (Å²) in [6.07, 6.45) is 0.888. The van der Waals surface area contributed by atoms with Crippen molar-refractivity contribution in [3.63, 3.8) is 0 Å². The molecule has 1 N–H and O–H groups in total. The van der Waals surface area contributed by atoms with E-state index in [2.05, 4.69) is 61.9 Å². The second-order valence-electron chi connectivity index (χ2n) is 6.64. The SMILES string of the molecule is CN=C(NCCc1ccc2ccccc2n1)N1CCN(c2cccs2)CC1.I. The van der Waals surface area contributed by atoms with Crippen LogP contribution in [0.1, 0.15) is 5.69 Å². The molecule has 1 aliphatic heterocycles. The number of guanidine groups is 1. The Morgan fingerprint density at radius 2 is 1.89 bits per heavy atom. The first-order chi connectivity index (χ1) is 13.3. The molecule has 4 rings (SSSR count). The van der Waals surface area contributed by atoms with Crippen molar-refractivity contribution in [2.45, 2.75) is 6.42 Å². The van der Waals surface area contributed by atoms with Crippen LogP contribution in [0.5, 0.6) is 0 Å². The summed E-state index contributed by atoms with van der Waals surface area (Å²) in [4.78, 5) is 14.0. The van der Waals surface area contributed by atoms with Crippen molar-refractivity contribution in [2.75, 3.05) is 44.7 Å². The molecular weight excluding hydrogens is 481 g/mol. The summed E-state index contributed by atoms with van der Waals surface area (Å²) in [5.41, 5.74) is 2.17. The molecule has 0 saturated carbocycles. The number of nitrogens with zero attached hydrogens (tertiary/aromatic N) is 4. The van der Waals surface area contributed by atoms with Gasteiger partial charge in [-0.15, -0.1) is 35.3 Å². The number of thiophene rings is 1. The van der Waals surface area contributed by atoms with Gasteiger partial charge in [-0.3, -0.25) is 9.98 Å². The van der Waals surface area contributed by atoms with E-state index in [4.69, 9.17) is 4.98 Å². The third-order valence-electron chi connectivity index (χ3n) is 4.93. The van der Waals surface area contributed by atoms with Crippen molar-refractivity contribution >= 4 is 57.2 Å². The van der Waals surface area contributed by atoms with E-state index in [1.54, 1.807) is 0 Å². The van der Waals surface area contributed by atoms with Crippen LogP contribution in [-0.2, 0) is 6.42 Å². The molecule has 1 aliphatic rings. The fourth-order valence-corrected chi connectivity index (χ4v) is 4.26. The van der Waals surface area contributed by atoms with Crippen LogP contribution >= 0.6 is 35.3 Å². The van der Waals surface area contributed by atoms with Crippen LogP contribution in [-0.4, -0.2) is 55.6 Å². The highest BCUT2D eigenvalue weighted by Crippen LogP contribution is 2.22. The average Bonchev–Trinajstić information content (AvgIpc) is 3.26. The Morgan fingerprint density at radius 1 is 1.07 bits per heavy atom. The molecule has 0 atom stereocenters. The summed E-state index contributed by atoms with van der Waals surface area (Å²) in [5.74, 6) is 0.988. The van der Waals surface area contributed by atoms with Gasteiger partial charge in [-0.05, 0) is 29.6 Å². The molecule has 0 radical (unpaired) electrons. The third kappa shape index (κ3) is 4.94. The van der Waals surface area contributed by atoms with Gasteiger partial charge < -0.3 is 15.1 Å². The van der Waals surface area contributed by atoms with Crippen LogP contribution in [0.25, 0.3) is 10.9 Å². The quantitative estimate of drug-likeness (QED) is 0.331. The number of benzene rings is 1. The average molecular weight is 507 g/mol. The van der Waals surface area contributed by atoms with Crippen LogP contribution in [0.3, 0.4) is 0 Å². The van der Waals surface area contributed by atoms with E-state index in [-0.39, 0.29) is 24.0 Å². The third-order valence-corrected chi connectivity index (χ3v) is 5.86. The first kappa shape index (κ1) is 20.9. The molecule has 0 bridgehead atoms. The van der Waals surface area contributed by atoms with Crippen molar-refractivity contribution in [3.05, 3.63) is 59.6 Å². The molecular formula is C21H26IN5S. The highest BCUT2D eigenvalue weighted by Gasteiger charge is 2.20. The lowest BCUT2D eigenvalue weighted by Crippen LogP contribution is -2.52. The molecule has 148 valence electrons. The molecule has 0 amide bonds. The van der Waals surface area contributed by atoms with Crippen molar-refractivity contribution < 1.29 is 0 Å². The zero-order valence-corrected chi connectivity index (χ0v) is 19.2. The number of rotatable bonds is 4. The van der Waals surface area contributed by atoms with E-state index in [1.807, 2.05) is 30.5 Å². The minimum Gasteiger partial charge on any atom is -0.360 e. The number of aliphatic imine (C=N–C) groups is 1. The number of hydrogen-bond acceptors (Lipinski definition) is 4. The lowest BCUT2D eigenvalue weighted by atomic mass is 10.2. The summed E-state index contributed by atoms with van der Waals surface area (Å²) in [5, 5.41) is 8.20. The topological polar surface area (TPSA) is 43.8 Å². The van der Waals surface area contributed by atoms with Crippen molar-refractivity contribution in [2.24, 2.45) is 4.99 Å². The first-order valence-electron chi connectivity index (χ1n) is 9.42. The Labute approximate surface area is 187 Å². The maximum atomic E-state index is 4.75. The van der Waals surface area contributed by atoms with Crippen LogP contribution in [0.4, 0.5) is 5.00 Å². The maximum Gasteiger partial charge on any atom is 0.193 e. The van der Waals surface area contributed by atoms with Gasteiger partial charge in [0.05, 0.1) is 10.5 Å². The van der Waals surface area contributed by atoms with E-state index in [0.29, 0.717) is 0 Å². The second kappa shape index (κ2) is 10.1. The number of para-hydroxylation sites is 1. The van der Waals surface area contributed by atoms with Gasteiger partial charge in [-0.1, -0.05) is 24.3 Å². The normalized spacial score (nSPS) is 14.8. The van der Waals surface area contributed by atoms with Crippen LogP contribution < -0.4 is 10.2 Å². The first-order valence-corrected chi connectivity index (χ1v) is 10.3. The molecule has 5 nitrogen and oxygen atoms in total. The molecule has 0 aliphatic carbocycles. The summed E-state index contributed by atoms with van der Waals surface area (Å²) < 4.78 is 0. The van der Waals surface area contributed by atoms with E-state index in [0.717, 1.165) is 56.3 Å². The van der Waals surface area contributed by atoms with E-state index in [1.165, 1.54) is 10.4 Å². The highest BCUT2D eigenvalue weighted by atomic mass is 127.